The summed E-state index contributed by atoms with van der Waals surface area (Å²) in [6.07, 6.45) is 1.04. The Hall–Kier alpha value is -2.06. The molecule has 0 aliphatic rings. The second kappa shape index (κ2) is 5.62. The van der Waals surface area contributed by atoms with Crippen LogP contribution in [0, 0.1) is 6.92 Å². The number of aryl methyl sites for hydroxylation is 1. The topological polar surface area (TPSA) is 101 Å². The highest BCUT2D eigenvalue weighted by molar-refractivity contribution is 7.92. The molecule has 0 saturated heterocycles. The first-order chi connectivity index (χ1) is 10.1. The third-order valence-electron chi connectivity index (χ3n) is 3.05. The number of phenols is 1. The summed E-state index contributed by atoms with van der Waals surface area (Å²) < 4.78 is 49.6. The summed E-state index contributed by atoms with van der Waals surface area (Å²) in [5, 5.41) is 9.75. The summed E-state index contributed by atoms with van der Waals surface area (Å²) in [5.74, 6) is -0.184. The predicted octanol–water partition coefficient (Wildman–Crippen LogP) is 1.90. The maximum absolute atomic E-state index is 12.3. The minimum Gasteiger partial charge on any atom is -0.506 e. The summed E-state index contributed by atoms with van der Waals surface area (Å²) in [6.45, 7) is 1.66. The fourth-order valence-electron chi connectivity index (χ4n) is 1.84. The summed E-state index contributed by atoms with van der Waals surface area (Å²) in [5.41, 5.74) is 0.658. The second-order valence-electron chi connectivity index (χ2n) is 4.82. The maximum Gasteiger partial charge on any atom is 0.262 e. The van der Waals surface area contributed by atoms with Crippen LogP contribution in [0.4, 0.5) is 5.69 Å². The van der Waals surface area contributed by atoms with E-state index in [0.29, 0.717) is 5.56 Å². The number of sulfonamides is 1. The Labute approximate surface area is 129 Å². The van der Waals surface area contributed by atoms with E-state index in [1.54, 1.807) is 19.1 Å². The molecule has 22 heavy (non-hydrogen) atoms. The van der Waals surface area contributed by atoms with E-state index in [1.165, 1.54) is 30.3 Å². The van der Waals surface area contributed by atoms with Crippen molar-refractivity contribution in [3.63, 3.8) is 0 Å². The van der Waals surface area contributed by atoms with Crippen LogP contribution in [0.1, 0.15) is 5.56 Å². The minimum absolute atomic E-state index is 0.0326. The van der Waals surface area contributed by atoms with Crippen molar-refractivity contribution >= 4 is 25.5 Å². The molecule has 0 amide bonds. The minimum atomic E-state index is -3.93. The maximum atomic E-state index is 12.3. The van der Waals surface area contributed by atoms with E-state index in [2.05, 4.69) is 4.72 Å². The van der Waals surface area contributed by atoms with Gasteiger partial charge in [0, 0.05) is 6.26 Å². The Morgan fingerprint density at radius 2 is 1.45 bits per heavy atom. The van der Waals surface area contributed by atoms with E-state index >= 15 is 0 Å². The summed E-state index contributed by atoms with van der Waals surface area (Å²) >= 11 is 0. The summed E-state index contributed by atoms with van der Waals surface area (Å²) in [6, 6.07) is 9.48. The Bertz CT molecular complexity index is 880. The molecule has 0 aliphatic carbocycles. The average molecular weight is 341 g/mol. The van der Waals surface area contributed by atoms with Crippen molar-refractivity contribution in [3.05, 3.63) is 48.0 Å². The van der Waals surface area contributed by atoms with Gasteiger partial charge in [-0.2, -0.15) is 0 Å². The number of para-hydroxylation sites is 1. The molecule has 2 rings (SSSR count). The third kappa shape index (κ3) is 3.40. The van der Waals surface area contributed by atoms with Gasteiger partial charge in [0.15, 0.2) is 9.84 Å². The van der Waals surface area contributed by atoms with Crippen molar-refractivity contribution in [1.29, 1.82) is 0 Å². The number of rotatable bonds is 4. The van der Waals surface area contributed by atoms with Crippen LogP contribution in [0.5, 0.6) is 5.75 Å². The number of hydrogen-bond donors (Lipinski definition) is 2. The SMILES string of the molecule is Cc1cccc(O)c1NS(=O)(=O)c1ccc(S(C)(=O)=O)cc1. The van der Waals surface area contributed by atoms with Gasteiger partial charge in [-0.15, -0.1) is 0 Å². The molecule has 0 fully saturated rings. The number of sulfone groups is 1. The van der Waals surface area contributed by atoms with Crippen LogP contribution in [0.25, 0.3) is 0 Å². The van der Waals surface area contributed by atoms with E-state index < -0.39 is 19.9 Å². The quantitative estimate of drug-likeness (QED) is 0.827. The molecule has 0 unspecified atom stereocenters. The normalized spacial score (nSPS) is 12.1. The Balaban J connectivity index is 2.39. The molecule has 0 atom stereocenters. The van der Waals surface area contributed by atoms with Crippen LogP contribution in [0.3, 0.4) is 0 Å². The monoisotopic (exact) mass is 341 g/mol. The van der Waals surface area contributed by atoms with Crippen LogP contribution in [0.2, 0.25) is 0 Å². The zero-order valence-electron chi connectivity index (χ0n) is 11.9. The van der Waals surface area contributed by atoms with E-state index in [-0.39, 0.29) is 21.2 Å². The zero-order valence-corrected chi connectivity index (χ0v) is 13.6. The Morgan fingerprint density at radius 1 is 0.909 bits per heavy atom. The number of anilines is 1. The molecule has 0 bridgehead atoms. The van der Waals surface area contributed by atoms with E-state index in [1.807, 2.05) is 0 Å². The highest BCUT2D eigenvalue weighted by Crippen LogP contribution is 2.29. The van der Waals surface area contributed by atoms with Gasteiger partial charge in [-0.05, 0) is 42.8 Å². The van der Waals surface area contributed by atoms with Gasteiger partial charge in [0.25, 0.3) is 10.0 Å². The largest absolute Gasteiger partial charge is 0.506 e. The van der Waals surface area contributed by atoms with Crippen molar-refractivity contribution in [1.82, 2.24) is 0 Å². The molecular weight excluding hydrogens is 326 g/mol. The smallest absolute Gasteiger partial charge is 0.262 e. The van der Waals surface area contributed by atoms with Crippen molar-refractivity contribution < 1.29 is 21.9 Å². The van der Waals surface area contributed by atoms with Gasteiger partial charge >= 0.3 is 0 Å². The molecule has 0 radical (unpaired) electrons. The number of benzene rings is 2. The van der Waals surface area contributed by atoms with Crippen molar-refractivity contribution in [3.8, 4) is 5.75 Å². The average Bonchev–Trinajstić information content (AvgIpc) is 2.42. The number of aromatic hydroxyl groups is 1. The molecule has 0 saturated carbocycles. The van der Waals surface area contributed by atoms with Gasteiger partial charge in [-0.3, -0.25) is 4.72 Å². The molecule has 118 valence electrons. The van der Waals surface area contributed by atoms with Gasteiger partial charge in [0.2, 0.25) is 0 Å². The van der Waals surface area contributed by atoms with E-state index in [4.69, 9.17) is 0 Å². The molecule has 2 aromatic carbocycles. The molecule has 8 heteroatoms. The Morgan fingerprint density at radius 3 is 1.95 bits per heavy atom. The first-order valence-electron chi connectivity index (χ1n) is 6.23. The lowest BCUT2D eigenvalue weighted by atomic mass is 10.2. The zero-order chi connectivity index (χ0) is 16.5. The number of phenolic OH excluding ortho intramolecular Hbond substituents is 1. The first kappa shape index (κ1) is 16.3. The molecule has 0 aromatic heterocycles. The molecule has 6 nitrogen and oxygen atoms in total. The van der Waals surface area contributed by atoms with Crippen molar-refractivity contribution in [2.75, 3.05) is 11.0 Å². The lowest BCUT2D eigenvalue weighted by Gasteiger charge is -2.12. The van der Waals surface area contributed by atoms with Gasteiger partial charge in [-0.1, -0.05) is 12.1 Å². The van der Waals surface area contributed by atoms with Gasteiger partial charge in [0.05, 0.1) is 15.5 Å². The summed E-state index contributed by atoms with van der Waals surface area (Å²) in [7, 11) is -7.32. The molecule has 0 aliphatic heterocycles. The molecule has 2 N–H and O–H groups in total. The molecule has 0 heterocycles. The predicted molar refractivity (Wildman–Crippen MR) is 83.2 cm³/mol. The van der Waals surface area contributed by atoms with Crippen molar-refractivity contribution in [2.24, 2.45) is 0 Å². The van der Waals surface area contributed by atoms with Gasteiger partial charge in [0.1, 0.15) is 5.75 Å². The number of nitrogens with one attached hydrogen (secondary N) is 1. The van der Waals surface area contributed by atoms with Crippen LogP contribution in [-0.2, 0) is 19.9 Å². The van der Waals surface area contributed by atoms with Gasteiger partial charge < -0.3 is 5.11 Å². The highest BCUT2D eigenvalue weighted by atomic mass is 32.2. The van der Waals surface area contributed by atoms with Crippen molar-refractivity contribution in [2.45, 2.75) is 16.7 Å². The van der Waals surface area contributed by atoms with Crippen LogP contribution in [0.15, 0.2) is 52.3 Å². The molecule has 0 spiro atoms. The van der Waals surface area contributed by atoms with E-state index in [0.717, 1.165) is 6.26 Å². The third-order valence-corrected chi connectivity index (χ3v) is 5.54. The lowest BCUT2D eigenvalue weighted by molar-refractivity contribution is 0.477. The van der Waals surface area contributed by atoms with Crippen LogP contribution < -0.4 is 4.72 Å². The second-order valence-corrected chi connectivity index (χ2v) is 8.52. The van der Waals surface area contributed by atoms with Gasteiger partial charge in [-0.25, -0.2) is 16.8 Å². The lowest BCUT2D eigenvalue weighted by Crippen LogP contribution is -2.14. The van der Waals surface area contributed by atoms with Crippen LogP contribution >= 0.6 is 0 Å². The highest BCUT2D eigenvalue weighted by Gasteiger charge is 2.18. The molecule has 2 aromatic rings. The fourth-order valence-corrected chi connectivity index (χ4v) is 3.62. The summed E-state index contributed by atoms with van der Waals surface area (Å²) in [4.78, 5) is -0.0623. The first-order valence-corrected chi connectivity index (χ1v) is 9.60. The fraction of sp³-hybridized carbons (Fsp3) is 0.143. The molecular formula is C14H15NO5S2. The standard InChI is InChI=1S/C14H15NO5S2/c1-10-4-3-5-13(16)14(10)15-22(19,20)12-8-6-11(7-9-12)21(2,17)18/h3-9,15-16H,1-2H3. The number of hydrogen-bond acceptors (Lipinski definition) is 5. The Kier molecular flexibility index (Phi) is 4.17. The van der Waals surface area contributed by atoms with Crippen LogP contribution in [-0.4, -0.2) is 28.2 Å². The van der Waals surface area contributed by atoms with E-state index in [9.17, 15) is 21.9 Å².